The van der Waals surface area contributed by atoms with Crippen LogP contribution in [0.1, 0.15) is 12.5 Å². The van der Waals surface area contributed by atoms with E-state index < -0.39 is 0 Å². The number of aromatic nitrogens is 2. The molecule has 0 atom stereocenters. The lowest BCUT2D eigenvalue weighted by atomic mass is 10.3. The largest absolute Gasteiger partial charge is 0.364 e. The third kappa shape index (κ3) is 2.14. The van der Waals surface area contributed by atoms with Crippen LogP contribution in [0, 0.1) is 0 Å². The number of nitrogens with one attached hydrogen (secondary N) is 1. The van der Waals surface area contributed by atoms with Gasteiger partial charge in [0.2, 0.25) is 0 Å². The molecule has 2 aromatic heterocycles. The Bertz CT molecular complexity index is 378. The predicted molar refractivity (Wildman–Crippen MR) is 59.5 cm³/mol. The van der Waals surface area contributed by atoms with Gasteiger partial charge in [-0.3, -0.25) is 4.68 Å². The zero-order valence-corrected chi connectivity index (χ0v) is 8.92. The van der Waals surface area contributed by atoms with Gasteiger partial charge in [0.25, 0.3) is 0 Å². The molecule has 0 radical (unpaired) electrons. The average molecular weight is 207 g/mol. The Balaban J connectivity index is 1.92. The van der Waals surface area contributed by atoms with E-state index in [0.29, 0.717) is 0 Å². The van der Waals surface area contributed by atoms with Crippen LogP contribution in [0.3, 0.4) is 0 Å². The first-order valence-electron chi connectivity index (χ1n) is 4.67. The van der Waals surface area contributed by atoms with Gasteiger partial charge in [0.1, 0.15) is 5.82 Å². The van der Waals surface area contributed by atoms with Crippen molar-refractivity contribution in [3.8, 4) is 0 Å². The van der Waals surface area contributed by atoms with Crippen LogP contribution in [0.5, 0.6) is 0 Å². The molecule has 3 nitrogen and oxygen atoms in total. The number of aryl methyl sites for hydroxylation is 1. The van der Waals surface area contributed by atoms with Crippen LogP contribution in [0.15, 0.2) is 29.1 Å². The fourth-order valence-corrected chi connectivity index (χ4v) is 1.89. The van der Waals surface area contributed by atoms with Gasteiger partial charge in [-0.1, -0.05) is 0 Å². The molecule has 0 amide bonds. The van der Waals surface area contributed by atoms with Crippen LogP contribution >= 0.6 is 11.3 Å². The molecule has 2 aromatic rings. The minimum absolute atomic E-state index is 0.851. The highest BCUT2D eigenvalue weighted by atomic mass is 32.1. The van der Waals surface area contributed by atoms with Crippen LogP contribution in [0.4, 0.5) is 5.82 Å². The van der Waals surface area contributed by atoms with Gasteiger partial charge in [0.15, 0.2) is 0 Å². The first-order chi connectivity index (χ1) is 6.88. The molecule has 0 aromatic carbocycles. The molecule has 0 saturated heterocycles. The molecule has 4 heteroatoms. The zero-order valence-electron chi connectivity index (χ0n) is 8.10. The lowest BCUT2D eigenvalue weighted by Crippen LogP contribution is -2.00. The molecule has 0 fully saturated rings. The van der Waals surface area contributed by atoms with E-state index in [1.54, 1.807) is 11.3 Å². The molecular formula is C10H13N3S. The van der Waals surface area contributed by atoms with Crippen molar-refractivity contribution in [1.29, 1.82) is 0 Å². The van der Waals surface area contributed by atoms with E-state index in [-0.39, 0.29) is 0 Å². The summed E-state index contributed by atoms with van der Waals surface area (Å²) in [5, 5.41) is 11.8. The Morgan fingerprint density at radius 2 is 2.43 bits per heavy atom. The van der Waals surface area contributed by atoms with Crippen LogP contribution < -0.4 is 5.32 Å². The van der Waals surface area contributed by atoms with Crippen molar-refractivity contribution >= 4 is 17.2 Å². The van der Waals surface area contributed by atoms with E-state index in [1.807, 2.05) is 16.9 Å². The fraction of sp³-hybridized carbons (Fsp3) is 0.300. The third-order valence-corrected chi connectivity index (χ3v) is 2.75. The first-order valence-corrected chi connectivity index (χ1v) is 5.61. The van der Waals surface area contributed by atoms with Crippen LogP contribution in [-0.4, -0.2) is 9.78 Å². The molecule has 74 valence electrons. The number of hydrogen-bond donors (Lipinski definition) is 1. The quantitative estimate of drug-likeness (QED) is 0.835. The predicted octanol–water partition coefficient (Wildman–Crippen LogP) is 2.58. The van der Waals surface area contributed by atoms with Crippen molar-refractivity contribution < 1.29 is 0 Å². The minimum Gasteiger partial charge on any atom is -0.364 e. The smallest absolute Gasteiger partial charge is 0.148 e. The van der Waals surface area contributed by atoms with Crippen LogP contribution in [0.2, 0.25) is 0 Å². The highest BCUT2D eigenvalue weighted by molar-refractivity contribution is 7.07. The molecule has 2 heterocycles. The second-order valence-electron chi connectivity index (χ2n) is 3.04. The Kier molecular flexibility index (Phi) is 2.84. The van der Waals surface area contributed by atoms with Crippen molar-refractivity contribution in [1.82, 2.24) is 9.78 Å². The van der Waals surface area contributed by atoms with Gasteiger partial charge in [-0.15, -0.1) is 0 Å². The summed E-state index contributed by atoms with van der Waals surface area (Å²) in [6.07, 6.45) is 1.98. The summed E-state index contributed by atoms with van der Waals surface area (Å²) >= 11 is 1.72. The lowest BCUT2D eigenvalue weighted by molar-refractivity contribution is 0.661. The molecule has 0 aliphatic carbocycles. The van der Waals surface area contributed by atoms with E-state index in [0.717, 1.165) is 18.9 Å². The van der Waals surface area contributed by atoms with Gasteiger partial charge in [-0.05, 0) is 29.3 Å². The molecular weight excluding hydrogens is 194 g/mol. The zero-order chi connectivity index (χ0) is 9.80. The number of rotatable bonds is 4. The highest BCUT2D eigenvalue weighted by Gasteiger charge is 1.97. The molecule has 1 N–H and O–H groups in total. The summed E-state index contributed by atoms with van der Waals surface area (Å²) in [5.41, 5.74) is 1.31. The lowest BCUT2D eigenvalue weighted by Gasteiger charge is -1.99. The molecule has 0 saturated carbocycles. The maximum absolute atomic E-state index is 4.34. The van der Waals surface area contributed by atoms with Crippen molar-refractivity contribution in [3.63, 3.8) is 0 Å². The molecule has 0 unspecified atom stereocenters. The standard InChI is InChI=1S/C10H13N3S/c1-2-13-5-3-10(12-13)11-7-9-4-6-14-8-9/h3-6,8H,2,7H2,1H3,(H,11,12). The van der Waals surface area contributed by atoms with Crippen LogP contribution in [-0.2, 0) is 13.1 Å². The van der Waals surface area contributed by atoms with Gasteiger partial charge in [-0.2, -0.15) is 16.4 Å². The second-order valence-corrected chi connectivity index (χ2v) is 3.82. The topological polar surface area (TPSA) is 29.9 Å². The molecule has 0 bridgehead atoms. The number of nitrogens with zero attached hydrogens (tertiary/aromatic N) is 2. The first kappa shape index (κ1) is 9.27. The van der Waals surface area contributed by atoms with Gasteiger partial charge < -0.3 is 5.32 Å². The van der Waals surface area contributed by atoms with E-state index in [4.69, 9.17) is 0 Å². The van der Waals surface area contributed by atoms with Crippen molar-refractivity contribution in [2.45, 2.75) is 20.0 Å². The van der Waals surface area contributed by atoms with Gasteiger partial charge in [-0.25, -0.2) is 0 Å². The Labute approximate surface area is 87.4 Å². The molecule has 0 aliphatic heterocycles. The number of thiophene rings is 1. The molecule has 14 heavy (non-hydrogen) atoms. The van der Waals surface area contributed by atoms with Crippen molar-refractivity contribution in [2.75, 3.05) is 5.32 Å². The maximum Gasteiger partial charge on any atom is 0.148 e. The van der Waals surface area contributed by atoms with Crippen molar-refractivity contribution in [2.24, 2.45) is 0 Å². The SMILES string of the molecule is CCn1ccc(NCc2ccsc2)n1. The van der Waals surface area contributed by atoms with Crippen LogP contribution in [0.25, 0.3) is 0 Å². The summed E-state index contributed by atoms with van der Waals surface area (Å²) in [7, 11) is 0. The van der Waals surface area contributed by atoms with E-state index in [9.17, 15) is 0 Å². The maximum atomic E-state index is 4.34. The fourth-order valence-electron chi connectivity index (χ4n) is 1.22. The van der Waals surface area contributed by atoms with E-state index in [1.165, 1.54) is 5.56 Å². The Morgan fingerprint density at radius 3 is 3.07 bits per heavy atom. The highest BCUT2D eigenvalue weighted by Crippen LogP contribution is 2.09. The molecule has 0 aliphatic rings. The van der Waals surface area contributed by atoms with Gasteiger partial charge in [0.05, 0.1) is 0 Å². The molecule has 2 rings (SSSR count). The van der Waals surface area contributed by atoms with Gasteiger partial charge >= 0.3 is 0 Å². The van der Waals surface area contributed by atoms with E-state index in [2.05, 4.69) is 34.2 Å². The number of hydrogen-bond acceptors (Lipinski definition) is 3. The minimum atomic E-state index is 0.851. The Hall–Kier alpha value is -1.29. The molecule has 0 spiro atoms. The Morgan fingerprint density at radius 1 is 1.50 bits per heavy atom. The monoisotopic (exact) mass is 207 g/mol. The third-order valence-electron chi connectivity index (χ3n) is 2.02. The summed E-state index contributed by atoms with van der Waals surface area (Å²) in [4.78, 5) is 0. The summed E-state index contributed by atoms with van der Waals surface area (Å²) < 4.78 is 1.91. The van der Waals surface area contributed by atoms with E-state index >= 15 is 0 Å². The number of anilines is 1. The second kappa shape index (κ2) is 4.28. The summed E-state index contributed by atoms with van der Waals surface area (Å²) in [6.45, 7) is 3.85. The van der Waals surface area contributed by atoms with Crippen molar-refractivity contribution in [3.05, 3.63) is 34.7 Å². The normalized spacial score (nSPS) is 10.4. The summed E-state index contributed by atoms with van der Waals surface area (Å²) in [5.74, 6) is 0.943. The summed E-state index contributed by atoms with van der Waals surface area (Å²) in [6, 6.07) is 4.12. The van der Waals surface area contributed by atoms with Gasteiger partial charge in [0, 0.05) is 25.4 Å². The average Bonchev–Trinajstić information content (AvgIpc) is 2.86.